The van der Waals surface area contributed by atoms with Crippen LogP contribution in [0.15, 0.2) is 0 Å². The molecule has 2 saturated heterocycles. The number of piperidine rings is 1. The van der Waals surface area contributed by atoms with E-state index in [9.17, 15) is 8.42 Å². The van der Waals surface area contributed by atoms with Gasteiger partial charge in [0.25, 0.3) is 0 Å². The Balaban J connectivity index is 1.90. The third kappa shape index (κ3) is 3.40. The van der Waals surface area contributed by atoms with Crippen molar-refractivity contribution in [2.24, 2.45) is 5.73 Å². The lowest BCUT2D eigenvalue weighted by molar-refractivity contribution is 0.186. The van der Waals surface area contributed by atoms with E-state index in [1.165, 1.54) is 12.8 Å². The van der Waals surface area contributed by atoms with Crippen molar-refractivity contribution in [3.8, 4) is 0 Å². The average Bonchev–Trinajstić information content (AvgIpc) is 2.70. The van der Waals surface area contributed by atoms with Crippen molar-refractivity contribution < 1.29 is 8.42 Å². The van der Waals surface area contributed by atoms with Gasteiger partial charge in [0.15, 0.2) is 0 Å². The molecule has 3 N–H and O–H groups in total. The number of nitrogens with two attached hydrogens (primary N) is 1. The average molecular weight is 261 g/mol. The molecule has 2 rings (SSSR count). The van der Waals surface area contributed by atoms with E-state index in [1.54, 1.807) is 0 Å². The predicted octanol–water partition coefficient (Wildman–Crippen LogP) is -0.119. The fourth-order valence-corrected chi connectivity index (χ4v) is 4.35. The van der Waals surface area contributed by atoms with Crippen molar-refractivity contribution in [3.63, 3.8) is 0 Å². The summed E-state index contributed by atoms with van der Waals surface area (Å²) in [6.45, 7) is 2.60. The molecule has 0 amide bonds. The summed E-state index contributed by atoms with van der Waals surface area (Å²) in [7, 11) is -3.13. The quantitative estimate of drug-likeness (QED) is 0.723. The second-order valence-electron chi connectivity index (χ2n) is 5.07. The summed E-state index contributed by atoms with van der Waals surface area (Å²) >= 11 is 0. The monoisotopic (exact) mass is 261 g/mol. The Morgan fingerprint density at radius 3 is 2.82 bits per heavy atom. The fourth-order valence-electron chi connectivity index (χ4n) is 2.95. The van der Waals surface area contributed by atoms with Gasteiger partial charge in [0.05, 0.1) is 5.75 Å². The molecule has 0 aromatic carbocycles. The number of rotatable bonds is 5. The van der Waals surface area contributed by atoms with Crippen LogP contribution in [0, 0.1) is 0 Å². The molecule has 2 fully saturated rings. The van der Waals surface area contributed by atoms with Crippen LogP contribution in [0.3, 0.4) is 0 Å². The molecule has 0 bridgehead atoms. The zero-order valence-corrected chi connectivity index (χ0v) is 11.1. The van der Waals surface area contributed by atoms with Crippen LogP contribution in [-0.2, 0) is 10.0 Å². The molecule has 0 aliphatic carbocycles. The van der Waals surface area contributed by atoms with Crippen LogP contribution in [0.5, 0.6) is 0 Å². The van der Waals surface area contributed by atoms with E-state index in [-0.39, 0.29) is 11.8 Å². The van der Waals surface area contributed by atoms with E-state index < -0.39 is 10.0 Å². The van der Waals surface area contributed by atoms with E-state index in [4.69, 9.17) is 5.73 Å². The molecule has 2 aliphatic rings. The maximum absolute atomic E-state index is 11.8. The summed E-state index contributed by atoms with van der Waals surface area (Å²) in [4.78, 5) is 2.43. The number of sulfonamides is 1. The molecule has 0 saturated carbocycles. The van der Waals surface area contributed by atoms with Crippen LogP contribution in [0.25, 0.3) is 0 Å². The van der Waals surface area contributed by atoms with Crippen LogP contribution in [0.4, 0.5) is 0 Å². The minimum Gasteiger partial charge on any atom is -0.330 e. The van der Waals surface area contributed by atoms with Gasteiger partial charge >= 0.3 is 0 Å². The molecule has 6 heteroatoms. The number of fused-ring (bicyclic) bond motifs is 1. The summed E-state index contributed by atoms with van der Waals surface area (Å²) in [5, 5.41) is 0. The van der Waals surface area contributed by atoms with Gasteiger partial charge in [0.2, 0.25) is 10.0 Å². The lowest BCUT2D eigenvalue weighted by Crippen LogP contribution is -2.47. The minimum atomic E-state index is -3.13. The highest BCUT2D eigenvalue weighted by atomic mass is 32.2. The largest absolute Gasteiger partial charge is 0.330 e. The summed E-state index contributed by atoms with van der Waals surface area (Å²) in [6.07, 6.45) is 5.10. The molecule has 2 unspecified atom stereocenters. The van der Waals surface area contributed by atoms with Crippen LogP contribution < -0.4 is 10.5 Å². The third-order valence-corrected chi connectivity index (χ3v) is 5.29. The Morgan fingerprint density at radius 2 is 2.06 bits per heavy atom. The van der Waals surface area contributed by atoms with E-state index >= 15 is 0 Å². The van der Waals surface area contributed by atoms with E-state index in [0.29, 0.717) is 19.0 Å². The molecule has 0 aromatic rings. The van der Waals surface area contributed by atoms with Crippen molar-refractivity contribution in [2.45, 2.75) is 44.2 Å². The fraction of sp³-hybridized carbons (Fsp3) is 1.00. The Labute approximate surface area is 104 Å². The normalized spacial score (nSPS) is 30.4. The van der Waals surface area contributed by atoms with Gasteiger partial charge in [-0.2, -0.15) is 0 Å². The minimum absolute atomic E-state index is 0.123. The SMILES string of the molecule is NCCCS(=O)(=O)NC1CCN2CCCCC12. The summed E-state index contributed by atoms with van der Waals surface area (Å²) in [5.74, 6) is 0.159. The van der Waals surface area contributed by atoms with Crippen molar-refractivity contribution >= 4 is 10.0 Å². The topological polar surface area (TPSA) is 75.4 Å². The summed E-state index contributed by atoms with van der Waals surface area (Å²) in [6, 6.07) is 0.550. The Morgan fingerprint density at radius 1 is 1.24 bits per heavy atom. The van der Waals surface area contributed by atoms with Crippen LogP contribution in [-0.4, -0.2) is 50.8 Å². The molecular formula is C11H23N3O2S. The maximum atomic E-state index is 11.8. The highest BCUT2D eigenvalue weighted by molar-refractivity contribution is 7.89. The first kappa shape index (κ1) is 13.3. The number of nitrogens with one attached hydrogen (secondary N) is 1. The second kappa shape index (κ2) is 5.65. The number of hydrogen-bond donors (Lipinski definition) is 2. The molecule has 2 aliphatic heterocycles. The van der Waals surface area contributed by atoms with Crippen LogP contribution in [0.2, 0.25) is 0 Å². The van der Waals surface area contributed by atoms with Gasteiger partial charge in [-0.25, -0.2) is 13.1 Å². The zero-order chi connectivity index (χ0) is 12.3. The van der Waals surface area contributed by atoms with Gasteiger partial charge in [-0.3, -0.25) is 4.90 Å². The molecule has 17 heavy (non-hydrogen) atoms. The molecule has 5 nitrogen and oxygen atoms in total. The molecule has 2 heterocycles. The molecule has 2 atom stereocenters. The Hall–Kier alpha value is -0.170. The highest BCUT2D eigenvalue weighted by Gasteiger charge is 2.37. The lowest BCUT2D eigenvalue weighted by Gasteiger charge is -2.32. The summed E-state index contributed by atoms with van der Waals surface area (Å²) in [5.41, 5.74) is 5.35. The maximum Gasteiger partial charge on any atom is 0.211 e. The Kier molecular flexibility index (Phi) is 4.41. The zero-order valence-electron chi connectivity index (χ0n) is 10.3. The molecular weight excluding hydrogens is 238 g/mol. The number of nitrogens with zero attached hydrogens (tertiary/aromatic N) is 1. The van der Waals surface area contributed by atoms with E-state index in [0.717, 1.165) is 25.9 Å². The molecule has 0 spiro atoms. The lowest BCUT2D eigenvalue weighted by atomic mass is 10.00. The van der Waals surface area contributed by atoms with Gasteiger partial charge < -0.3 is 5.73 Å². The molecule has 0 aromatic heterocycles. The van der Waals surface area contributed by atoms with Gasteiger partial charge in [0, 0.05) is 18.6 Å². The van der Waals surface area contributed by atoms with Crippen LogP contribution >= 0.6 is 0 Å². The predicted molar refractivity (Wildman–Crippen MR) is 68.2 cm³/mol. The first-order chi connectivity index (χ1) is 8.12. The molecule has 0 radical (unpaired) electrons. The second-order valence-corrected chi connectivity index (χ2v) is 6.95. The summed E-state index contributed by atoms with van der Waals surface area (Å²) < 4.78 is 26.5. The van der Waals surface area contributed by atoms with Gasteiger partial charge in [-0.05, 0) is 38.8 Å². The van der Waals surface area contributed by atoms with Gasteiger partial charge in [-0.15, -0.1) is 0 Å². The van der Waals surface area contributed by atoms with E-state index in [1.807, 2.05) is 0 Å². The van der Waals surface area contributed by atoms with Crippen molar-refractivity contribution in [1.82, 2.24) is 9.62 Å². The van der Waals surface area contributed by atoms with Crippen LogP contribution in [0.1, 0.15) is 32.1 Å². The van der Waals surface area contributed by atoms with Gasteiger partial charge in [-0.1, -0.05) is 6.42 Å². The van der Waals surface area contributed by atoms with Crippen molar-refractivity contribution in [1.29, 1.82) is 0 Å². The molecule has 100 valence electrons. The Bertz CT molecular complexity index is 345. The standard InChI is InChI=1S/C11H23N3O2S/c12-6-3-9-17(15,16)13-10-5-8-14-7-2-1-4-11(10)14/h10-11,13H,1-9,12H2. The number of hydrogen-bond acceptors (Lipinski definition) is 4. The third-order valence-electron chi connectivity index (χ3n) is 3.80. The first-order valence-electron chi connectivity index (χ1n) is 6.56. The van der Waals surface area contributed by atoms with Crippen molar-refractivity contribution in [2.75, 3.05) is 25.4 Å². The smallest absolute Gasteiger partial charge is 0.211 e. The van der Waals surface area contributed by atoms with Crippen molar-refractivity contribution in [3.05, 3.63) is 0 Å². The van der Waals surface area contributed by atoms with E-state index in [2.05, 4.69) is 9.62 Å². The highest BCUT2D eigenvalue weighted by Crippen LogP contribution is 2.27. The first-order valence-corrected chi connectivity index (χ1v) is 8.22. The van der Waals surface area contributed by atoms with Gasteiger partial charge in [0.1, 0.15) is 0 Å².